The third kappa shape index (κ3) is 4.43. The van der Waals surface area contributed by atoms with Gasteiger partial charge in [-0.25, -0.2) is 4.98 Å². The number of nitrogens with two attached hydrogens (primary N) is 1. The van der Waals surface area contributed by atoms with Gasteiger partial charge in [0.15, 0.2) is 0 Å². The van der Waals surface area contributed by atoms with Gasteiger partial charge < -0.3 is 11.1 Å². The van der Waals surface area contributed by atoms with Crippen molar-refractivity contribution in [2.45, 2.75) is 25.8 Å². The van der Waals surface area contributed by atoms with Crippen LogP contribution in [-0.2, 0) is 6.42 Å². The van der Waals surface area contributed by atoms with Crippen LogP contribution in [0.4, 0.5) is 5.82 Å². The summed E-state index contributed by atoms with van der Waals surface area (Å²) < 4.78 is 0.907. The van der Waals surface area contributed by atoms with Gasteiger partial charge >= 0.3 is 0 Å². The quantitative estimate of drug-likeness (QED) is 0.796. The summed E-state index contributed by atoms with van der Waals surface area (Å²) in [5, 5.41) is 4.28. The molecule has 0 aliphatic heterocycles. The Morgan fingerprint density at radius 3 is 2.86 bits per heavy atom. The van der Waals surface area contributed by atoms with E-state index in [9.17, 15) is 0 Å². The van der Waals surface area contributed by atoms with Crippen LogP contribution in [0, 0.1) is 0 Å². The molecule has 2 aromatic rings. The van der Waals surface area contributed by atoms with Crippen LogP contribution in [0.15, 0.2) is 41.0 Å². The summed E-state index contributed by atoms with van der Waals surface area (Å²) in [5.74, 6) is 0.592. The summed E-state index contributed by atoms with van der Waals surface area (Å²) in [4.78, 5) is 4.16. The first-order valence-electron chi connectivity index (χ1n) is 6.99. The Bertz CT molecular complexity index is 604. The number of aromatic nitrogens is 1. The fourth-order valence-corrected chi connectivity index (χ4v) is 2.71. The molecule has 0 spiro atoms. The van der Waals surface area contributed by atoms with Gasteiger partial charge in [-0.3, -0.25) is 0 Å². The summed E-state index contributed by atoms with van der Waals surface area (Å²) in [6, 6.07) is 10.1. The van der Waals surface area contributed by atoms with Gasteiger partial charge in [0.25, 0.3) is 0 Å². The summed E-state index contributed by atoms with van der Waals surface area (Å²) in [7, 11) is 0. The topological polar surface area (TPSA) is 50.9 Å². The lowest BCUT2D eigenvalue weighted by Crippen LogP contribution is -2.24. The number of rotatable bonds is 6. The summed E-state index contributed by atoms with van der Waals surface area (Å²) in [6.45, 7) is 3.10. The smallest absolute Gasteiger partial charge is 0.126 e. The Labute approximate surface area is 139 Å². The molecule has 0 radical (unpaired) electrons. The normalized spacial score (nSPS) is 12.3. The van der Waals surface area contributed by atoms with E-state index in [1.54, 1.807) is 6.20 Å². The first kappa shape index (κ1) is 16.3. The monoisotopic (exact) mass is 367 g/mol. The number of benzene rings is 1. The van der Waals surface area contributed by atoms with Gasteiger partial charge in [0.2, 0.25) is 0 Å². The molecule has 1 unspecified atom stereocenters. The van der Waals surface area contributed by atoms with Crippen LogP contribution in [0.5, 0.6) is 0 Å². The van der Waals surface area contributed by atoms with E-state index in [4.69, 9.17) is 17.3 Å². The highest BCUT2D eigenvalue weighted by Gasteiger charge is 2.14. The molecule has 0 fully saturated rings. The van der Waals surface area contributed by atoms with Gasteiger partial charge in [-0.2, -0.15) is 0 Å². The van der Waals surface area contributed by atoms with E-state index >= 15 is 0 Å². The van der Waals surface area contributed by atoms with Gasteiger partial charge in [0.1, 0.15) is 5.82 Å². The number of anilines is 1. The van der Waals surface area contributed by atoms with E-state index in [1.807, 2.05) is 24.3 Å². The summed E-state index contributed by atoms with van der Waals surface area (Å²) >= 11 is 9.56. The largest absolute Gasteiger partial charge is 0.383 e. The molecule has 0 bridgehead atoms. The number of nitrogens with zero attached hydrogens (tertiary/aromatic N) is 1. The predicted octanol–water partition coefficient (Wildman–Crippen LogP) is 4.36. The molecule has 0 aliphatic carbocycles. The van der Waals surface area contributed by atoms with Crippen molar-refractivity contribution in [3.05, 3.63) is 57.2 Å². The molecule has 0 aliphatic rings. The Morgan fingerprint density at radius 1 is 1.38 bits per heavy atom. The maximum absolute atomic E-state index is 6.08. The molecule has 1 aromatic carbocycles. The minimum Gasteiger partial charge on any atom is -0.383 e. The number of nitrogen functional groups attached to an aromatic ring is 1. The standard InChI is InChI=1S/C16H19BrClN3/c1-2-7-20-15(10-12-4-3-8-21-16(12)19)11-5-6-14(18)13(17)9-11/h3-6,8-9,15,20H,2,7,10H2,1H3,(H2,19,21). The maximum Gasteiger partial charge on any atom is 0.126 e. The molecular formula is C16H19BrClN3. The molecule has 0 saturated carbocycles. The van der Waals surface area contributed by atoms with E-state index in [0.717, 1.165) is 29.4 Å². The lowest BCUT2D eigenvalue weighted by Gasteiger charge is -2.20. The molecule has 21 heavy (non-hydrogen) atoms. The second-order valence-corrected chi connectivity index (χ2v) is 6.19. The Balaban J connectivity index is 2.25. The fourth-order valence-electron chi connectivity index (χ4n) is 2.20. The second kappa shape index (κ2) is 7.78. The van der Waals surface area contributed by atoms with Crippen LogP contribution >= 0.6 is 27.5 Å². The molecule has 0 amide bonds. The van der Waals surface area contributed by atoms with Crippen molar-refractivity contribution in [2.75, 3.05) is 12.3 Å². The van der Waals surface area contributed by atoms with E-state index in [2.05, 4.69) is 39.2 Å². The molecule has 1 atom stereocenters. The summed E-state index contributed by atoms with van der Waals surface area (Å²) in [5.41, 5.74) is 8.20. The van der Waals surface area contributed by atoms with Gasteiger partial charge in [-0.05, 0) is 64.6 Å². The van der Waals surface area contributed by atoms with Crippen molar-refractivity contribution in [3.8, 4) is 0 Å². The molecule has 1 heterocycles. The van der Waals surface area contributed by atoms with E-state index in [1.165, 1.54) is 5.56 Å². The number of nitrogens with one attached hydrogen (secondary N) is 1. The third-order valence-electron chi connectivity index (χ3n) is 3.34. The van der Waals surface area contributed by atoms with Gasteiger partial charge in [-0.1, -0.05) is 30.7 Å². The Kier molecular flexibility index (Phi) is 6.03. The average Bonchev–Trinajstić information content (AvgIpc) is 2.48. The van der Waals surface area contributed by atoms with E-state index in [-0.39, 0.29) is 6.04 Å². The van der Waals surface area contributed by atoms with Crippen LogP contribution in [0.3, 0.4) is 0 Å². The Hall–Kier alpha value is -1.10. The summed E-state index contributed by atoms with van der Waals surface area (Å²) in [6.07, 6.45) is 3.59. The highest BCUT2D eigenvalue weighted by Crippen LogP contribution is 2.28. The average molecular weight is 369 g/mol. The van der Waals surface area contributed by atoms with E-state index in [0.29, 0.717) is 10.8 Å². The fraction of sp³-hybridized carbons (Fsp3) is 0.312. The maximum atomic E-state index is 6.08. The first-order valence-corrected chi connectivity index (χ1v) is 8.16. The molecule has 3 nitrogen and oxygen atoms in total. The number of pyridine rings is 1. The lowest BCUT2D eigenvalue weighted by atomic mass is 9.99. The minimum atomic E-state index is 0.185. The van der Waals surface area contributed by atoms with Gasteiger partial charge in [0, 0.05) is 16.7 Å². The van der Waals surface area contributed by atoms with Crippen molar-refractivity contribution in [1.29, 1.82) is 0 Å². The molecular weight excluding hydrogens is 350 g/mol. The van der Waals surface area contributed by atoms with Crippen LogP contribution in [0.2, 0.25) is 5.02 Å². The van der Waals surface area contributed by atoms with Crippen LogP contribution in [0.25, 0.3) is 0 Å². The second-order valence-electron chi connectivity index (χ2n) is 4.93. The molecule has 0 saturated heterocycles. The zero-order valence-corrected chi connectivity index (χ0v) is 14.3. The van der Waals surface area contributed by atoms with Crippen molar-refractivity contribution in [3.63, 3.8) is 0 Å². The lowest BCUT2D eigenvalue weighted by molar-refractivity contribution is 0.529. The number of hydrogen-bond acceptors (Lipinski definition) is 3. The highest BCUT2D eigenvalue weighted by atomic mass is 79.9. The number of halogens is 2. The van der Waals surface area contributed by atoms with Crippen molar-refractivity contribution < 1.29 is 0 Å². The van der Waals surface area contributed by atoms with Crippen molar-refractivity contribution in [1.82, 2.24) is 10.3 Å². The molecule has 2 rings (SSSR count). The van der Waals surface area contributed by atoms with Crippen LogP contribution < -0.4 is 11.1 Å². The zero-order chi connectivity index (χ0) is 15.2. The SMILES string of the molecule is CCCNC(Cc1cccnc1N)c1ccc(Cl)c(Br)c1. The molecule has 3 N–H and O–H groups in total. The highest BCUT2D eigenvalue weighted by molar-refractivity contribution is 9.10. The van der Waals surface area contributed by atoms with Crippen LogP contribution in [0.1, 0.15) is 30.5 Å². The van der Waals surface area contributed by atoms with Crippen molar-refractivity contribution in [2.24, 2.45) is 0 Å². The van der Waals surface area contributed by atoms with Crippen LogP contribution in [-0.4, -0.2) is 11.5 Å². The van der Waals surface area contributed by atoms with Crippen molar-refractivity contribution >= 4 is 33.3 Å². The van der Waals surface area contributed by atoms with Gasteiger partial charge in [0.05, 0.1) is 5.02 Å². The Morgan fingerprint density at radius 2 is 2.19 bits per heavy atom. The molecule has 5 heteroatoms. The zero-order valence-electron chi connectivity index (χ0n) is 11.9. The molecule has 112 valence electrons. The van der Waals surface area contributed by atoms with Gasteiger partial charge in [-0.15, -0.1) is 0 Å². The molecule has 1 aromatic heterocycles. The van der Waals surface area contributed by atoms with E-state index < -0.39 is 0 Å². The number of hydrogen-bond donors (Lipinski definition) is 2. The first-order chi connectivity index (χ1) is 10.1. The minimum absolute atomic E-state index is 0.185. The third-order valence-corrected chi connectivity index (χ3v) is 4.55. The predicted molar refractivity (Wildman–Crippen MR) is 92.5 cm³/mol.